The van der Waals surface area contributed by atoms with E-state index in [1.165, 1.54) is 0 Å². The van der Waals surface area contributed by atoms with E-state index in [1.807, 2.05) is 25.1 Å². The van der Waals surface area contributed by atoms with Crippen LogP contribution < -0.4 is 4.90 Å². The fourth-order valence-corrected chi connectivity index (χ4v) is 1.65. The highest BCUT2D eigenvalue weighted by atomic mass is 16.2. The van der Waals surface area contributed by atoms with Gasteiger partial charge in [0.2, 0.25) is 5.91 Å². The normalized spacial score (nSPS) is 20.7. The number of aryl methyl sites for hydroxylation is 1. The van der Waals surface area contributed by atoms with E-state index in [1.54, 1.807) is 4.90 Å². The Labute approximate surface area is 88.6 Å². The summed E-state index contributed by atoms with van der Waals surface area (Å²) in [7, 11) is 0. The standard InChI is InChI=1S/C11H13N3O/c1-3-9-6-11(15)14(7-9)10-5-4-8(2)12-13-10/h3-5,9H,1,6-7H2,2H3. The van der Waals surface area contributed by atoms with Gasteiger partial charge in [-0.3, -0.25) is 9.69 Å². The Morgan fingerprint density at radius 3 is 2.87 bits per heavy atom. The molecule has 4 nitrogen and oxygen atoms in total. The van der Waals surface area contributed by atoms with Gasteiger partial charge < -0.3 is 0 Å². The molecule has 1 aromatic rings. The highest BCUT2D eigenvalue weighted by Crippen LogP contribution is 2.23. The average molecular weight is 203 g/mol. The number of hydrogen-bond acceptors (Lipinski definition) is 3. The Bertz CT molecular complexity index is 385. The van der Waals surface area contributed by atoms with E-state index in [0.717, 1.165) is 5.69 Å². The van der Waals surface area contributed by atoms with Gasteiger partial charge in [-0.2, -0.15) is 5.10 Å². The van der Waals surface area contributed by atoms with Gasteiger partial charge in [0, 0.05) is 18.9 Å². The van der Waals surface area contributed by atoms with Gasteiger partial charge in [0.1, 0.15) is 0 Å². The van der Waals surface area contributed by atoms with Crippen molar-refractivity contribution in [2.45, 2.75) is 13.3 Å². The zero-order valence-electron chi connectivity index (χ0n) is 8.68. The molecule has 1 aliphatic heterocycles. The molecule has 0 aliphatic carbocycles. The third kappa shape index (κ3) is 1.88. The molecular weight excluding hydrogens is 190 g/mol. The van der Waals surface area contributed by atoms with Gasteiger partial charge in [-0.1, -0.05) is 6.08 Å². The lowest BCUT2D eigenvalue weighted by atomic mass is 10.1. The number of nitrogens with zero attached hydrogens (tertiary/aromatic N) is 3. The van der Waals surface area contributed by atoms with Crippen LogP contribution in [-0.4, -0.2) is 22.6 Å². The summed E-state index contributed by atoms with van der Waals surface area (Å²) in [5.74, 6) is 0.966. The molecule has 0 radical (unpaired) electrons. The monoisotopic (exact) mass is 203 g/mol. The molecule has 0 N–H and O–H groups in total. The SMILES string of the molecule is C=CC1CC(=O)N(c2ccc(C)nn2)C1. The summed E-state index contributed by atoms with van der Waals surface area (Å²) >= 11 is 0. The van der Waals surface area contributed by atoms with Crippen molar-refractivity contribution in [3.8, 4) is 0 Å². The second kappa shape index (κ2) is 3.81. The molecule has 78 valence electrons. The maximum Gasteiger partial charge on any atom is 0.228 e. The van der Waals surface area contributed by atoms with Crippen molar-refractivity contribution in [3.05, 3.63) is 30.5 Å². The Morgan fingerprint density at radius 2 is 2.33 bits per heavy atom. The Hall–Kier alpha value is -1.71. The molecule has 0 aromatic carbocycles. The summed E-state index contributed by atoms with van der Waals surface area (Å²) in [5.41, 5.74) is 0.852. The molecule has 1 aromatic heterocycles. The first-order valence-corrected chi connectivity index (χ1v) is 4.94. The van der Waals surface area contributed by atoms with E-state index in [0.29, 0.717) is 18.8 Å². The lowest BCUT2D eigenvalue weighted by molar-refractivity contribution is -0.117. The second-order valence-electron chi connectivity index (χ2n) is 3.74. The molecule has 1 atom stereocenters. The van der Waals surface area contributed by atoms with Crippen LogP contribution in [0.15, 0.2) is 24.8 Å². The predicted molar refractivity (Wildman–Crippen MR) is 57.4 cm³/mol. The van der Waals surface area contributed by atoms with Crippen LogP contribution in [0.2, 0.25) is 0 Å². The number of carbonyl (C=O) groups excluding carboxylic acids is 1. The van der Waals surface area contributed by atoms with Crippen LogP contribution in [0.25, 0.3) is 0 Å². The third-order valence-corrected chi connectivity index (χ3v) is 2.55. The van der Waals surface area contributed by atoms with Crippen molar-refractivity contribution < 1.29 is 4.79 Å². The van der Waals surface area contributed by atoms with E-state index in [4.69, 9.17) is 0 Å². The number of aromatic nitrogens is 2. The second-order valence-corrected chi connectivity index (χ2v) is 3.74. The van der Waals surface area contributed by atoms with Crippen LogP contribution in [0, 0.1) is 12.8 Å². The molecule has 0 saturated carbocycles. The summed E-state index contributed by atoms with van der Waals surface area (Å²) in [4.78, 5) is 13.3. The van der Waals surface area contributed by atoms with Crippen molar-refractivity contribution >= 4 is 11.7 Å². The fourth-order valence-electron chi connectivity index (χ4n) is 1.65. The Morgan fingerprint density at radius 1 is 1.53 bits per heavy atom. The third-order valence-electron chi connectivity index (χ3n) is 2.55. The predicted octanol–water partition coefficient (Wildman–Crippen LogP) is 1.32. The average Bonchev–Trinajstić information content (AvgIpc) is 2.61. The van der Waals surface area contributed by atoms with E-state index in [-0.39, 0.29) is 11.8 Å². The lowest BCUT2D eigenvalue weighted by Gasteiger charge is -2.13. The van der Waals surface area contributed by atoms with Crippen molar-refractivity contribution in [1.29, 1.82) is 0 Å². The van der Waals surface area contributed by atoms with E-state index < -0.39 is 0 Å². The minimum Gasteiger partial charge on any atom is -0.295 e. The van der Waals surface area contributed by atoms with E-state index >= 15 is 0 Å². The van der Waals surface area contributed by atoms with Gasteiger partial charge in [-0.25, -0.2) is 0 Å². The van der Waals surface area contributed by atoms with Crippen LogP contribution >= 0.6 is 0 Å². The molecule has 0 spiro atoms. The number of hydrogen-bond donors (Lipinski definition) is 0. The summed E-state index contributed by atoms with van der Waals surface area (Å²) in [6.45, 7) is 6.24. The number of rotatable bonds is 2. The first-order chi connectivity index (χ1) is 7.20. The van der Waals surface area contributed by atoms with Crippen LogP contribution in [0.3, 0.4) is 0 Å². The highest BCUT2D eigenvalue weighted by Gasteiger charge is 2.29. The quantitative estimate of drug-likeness (QED) is 0.681. The molecule has 1 amide bonds. The van der Waals surface area contributed by atoms with E-state index in [2.05, 4.69) is 16.8 Å². The van der Waals surface area contributed by atoms with Crippen LogP contribution in [-0.2, 0) is 4.79 Å². The maximum atomic E-state index is 11.6. The highest BCUT2D eigenvalue weighted by molar-refractivity contribution is 5.94. The summed E-state index contributed by atoms with van der Waals surface area (Å²) in [6, 6.07) is 3.68. The number of carbonyl (C=O) groups is 1. The van der Waals surface area contributed by atoms with Crippen LogP contribution in [0.5, 0.6) is 0 Å². The van der Waals surface area contributed by atoms with Gasteiger partial charge in [0.05, 0.1) is 5.69 Å². The van der Waals surface area contributed by atoms with Crippen molar-refractivity contribution in [2.75, 3.05) is 11.4 Å². The number of amides is 1. The van der Waals surface area contributed by atoms with Gasteiger partial charge in [0.15, 0.2) is 5.82 Å². The zero-order chi connectivity index (χ0) is 10.8. The molecule has 4 heteroatoms. The fraction of sp³-hybridized carbons (Fsp3) is 0.364. The first-order valence-electron chi connectivity index (χ1n) is 4.94. The lowest BCUT2D eigenvalue weighted by Crippen LogP contribution is -2.25. The topological polar surface area (TPSA) is 46.1 Å². The smallest absolute Gasteiger partial charge is 0.228 e. The molecule has 1 saturated heterocycles. The molecule has 15 heavy (non-hydrogen) atoms. The largest absolute Gasteiger partial charge is 0.295 e. The van der Waals surface area contributed by atoms with Crippen molar-refractivity contribution in [3.63, 3.8) is 0 Å². The molecule has 1 aliphatic rings. The van der Waals surface area contributed by atoms with Crippen molar-refractivity contribution in [1.82, 2.24) is 10.2 Å². The minimum absolute atomic E-state index is 0.0954. The minimum atomic E-state index is 0.0954. The molecule has 2 rings (SSSR count). The Kier molecular flexibility index (Phi) is 2.49. The van der Waals surface area contributed by atoms with Crippen molar-refractivity contribution in [2.24, 2.45) is 5.92 Å². The maximum absolute atomic E-state index is 11.6. The van der Waals surface area contributed by atoms with Gasteiger partial charge in [0.25, 0.3) is 0 Å². The molecule has 1 unspecified atom stereocenters. The summed E-state index contributed by atoms with van der Waals surface area (Å²) < 4.78 is 0. The van der Waals surface area contributed by atoms with Gasteiger partial charge >= 0.3 is 0 Å². The summed E-state index contributed by atoms with van der Waals surface area (Å²) in [5, 5.41) is 7.94. The molecule has 1 fully saturated rings. The number of anilines is 1. The Balaban J connectivity index is 2.21. The first kappa shape index (κ1) is 9.83. The van der Waals surface area contributed by atoms with Crippen LogP contribution in [0.1, 0.15) is 12.1 Å². The van der Waals surface area contributed by atoms with Gasteiger partial charge in [-0.05, 0) is 19.1 Å². The molecule has 2 heterocycles. The zero-order valence-corrected chi connectivity index (χ0v) is 8.68. The molecule has 0 bridgehead atoms. The molecular formula is C11H13N3O. The van der Waals surface area contributed by atoms with E-state index in [9.17, 15) is 4.79 Å². The van der Waals surface area contributed by atoms with Gasteiger partial charge in [-0.15, -0.1) is 11.7 Å². The summed E-state index contributed by atoms with van der Waals surface area (Å²) in [6.07, 6.45) is 2.35. The van der Waals surface area contributed by atoms with Crippen LogP contribution in [0.4, 0.5) is 5.82 Å².